The summed E-state index contributed by atoms with van der Waals surface area (Å²) in [6, 6.07) is 0. The van der Waals surface area contributed by atoms with Crippen LogP contribution >= 0.6 is 12.2 Å². The van der Waals surface area contributed by atoms with E-state index < -0.39 is 0 Å². The third kappa shape index (κ3) is 4.11. The van der Waals surface area contributed by atoms with Gasteiger partial charge in [-0.25, -0.2) is 0 Å². The molecule has 1 rings (SSSR count). The van der Waals surface area contributed by atoms with E-state index in [2.05, 4.69) is 48.2 Å². The number of aryl methyl sites for hydroxylation is 1. The van der Waals surface area contributed by atoms with Crippen molar-refractivity contribution in [2.24, 2.45) is 5.73 Å². The van der Waals surface area contributed by atoms with Crippen LogP contribution in [0.4, 0.5) is 5.82 Å². The molecule has 0 atom stereocenters. The van der Waals surface area contributed by atoms with Crippen LogP contribution in [0.2, 0.25) is 0 Å². The highest BCUT2D eigenvalue weighted by molar-refractivity contribution is 7.80. The van der Waals surface area contributed by atoms with Gasteiger partial charge in [0.1, 0.15) is 4.99 Å². The summed E-state index contributed by atoms with van der Waals surface area (Å²) in [7, 11) is 2.08. The van der Waals surface area contributed by atoms with Crippen molar-refractivity contribution in [3.63, 3.8) is 0 Å². The van der Waals surface area contributed by atoms with Crippen molar-refractivity contribution < 1.29 is 0 Å². The Balaban J connectivity index is 2.98. The molecule has 0 unspecified atom stereocenters. The Bertz CT molecular complexity index is 461. The minimum absolute atomic E-state index is 0.387. The predicted molar refractivity (Wildman–Crippen MR) is 88.3 cm³/mol. The third-order valence-corrected chi connectivity index (χ3v) is 3.62. The number of nitrogens with zero attached hydrogens (tertiary/aromatic N) is 3. The zero-order valence-corrected chi connectivity index (χ0v) is 13.7. The lowest BCUT2D eigenvalue weighted by Gasteiger charge is -2.17. The normalized spacial score (nSPS) is 10.8. The lowest BCUT2D eigenvalue weighted by Crippen LogP contribution is -2.26. The van der Waals surface area contributed by atoms with Crippen molar-refractivity contribution in [3.05, 3.63) is 16.8 Å². The molecule has 0 bridgehead atoms. The van der Waals surface area contributed by atoms with E-state index >= 15 is 0 Å². The molecule has 0 aliphatic heterocycles. The first-order valence-corrected chi connectivity index (χ1v) is 7.56. The summed E-state index contributed by atoms with van der Waals surface area (Å²) >= 11 is 5.20. The average Bonchev–Trinajstić information content (AvgIpc) is 2.45. The molecule has 0 aliphatic carbocycles. The van der Waals surface area contributed by atoms with Crippen LogP contribution in [-0.2, 0) is 12.8 Å². The maximum atomic E-state index is 5.89. The van der Waals surface area contributed by atoms with Crippen LogP contribution in [-0.4, -0.2) is 46.8 Å². The molecule has 0 radical (unpaired) electrons. The number of hydrogen-bond donors (Lipinski definition) is 2. The molecule has 0 saturated heterocycles. The van der Waals surface area contributed by atoms with Crippen LogP contribution in [0.3, 0.4) is 0 Å². The number of likely N-dealkylation sites (N-methyl/N-ethyl adjacent to an activating group) is 1. The zero-order chi connectivity index (χ0) is 15.1. The Morgan fingerprint density at radius 3 is 2.45 bits per heavy atom. The number of rotatable bonds is 8. The molecule has 1 aromatic rings. The number of thiocarbonyl (C=S) groups is 1. The van der Waals surface area contributed by atoms with Crippen LogP contribution in [0.25, 0.3) is 0 Å². The highest BCUT2D eigenvalue weighted by Gasteiger charge is 2.16. The summed E-state index contributed by atoms with van der Waals surface area (Å²) in [6.45, 7) is 9.04. The van der Waals surface area contributed by atoms with E-state index in [1.807, 2.05) is 0 Å². The topological polar surface area (TPSA) is 67.1 Å². The van der Waals surface area contributed by atoms with Gasteiger partial charge < -0.3 is 16.0 Å². The summed E-state index contributed by atoms with van der Waals surface area (Å²) < 4.78 is 0. The largest absolute Gasteiger partial charge is 0.389 e. The van der Waals surface area contributed by atoms with Gasteiger partial charge in [-0.05, 0) is 32.0 Å². The molecule has 1 aromatic heterocycles. The monoisotopic (exact) mass is 295 g/mol. The van der Waals surface area contributed by atoms with Crippen LogP contribution < -0.4 is 11.1 Å². The number of nitrogens with two attached hydrogens (primary N) is 1. The zero-order valence-electron chi connectivity index (χ0n) is 12.9. The highest BCUT2D eigenvalue weighted by atomic mass is 32.1. The lowest BCUT2D eigenvalue weighted by molar-refractivity contribution is 0.367. The predicted octanol–water partition coefficient (Wildman–Crippen LogP) is 1.60. The second kappa shape index (κ2) is 8.11. The first-order valence-electron chi connectivity index (χ1n) is 7.15. The Labute approximate surface area is 126 Å². The standard InChI is InChI=1S/C14H25N5S/c1-5-10-11(6-2)17-18-14(12(10)13(15)20)16-8-9-19(4)7-3/h5-9H2,1-4H3,(H2,15,20)(H,16,18). The van der Waals surface area contributed by atoms with E-state index in [4.69, 9.17) is 18.0 Å². The average molecular weight is 295 g/mol. The van der Waals surface area contributed by atoms with Gasteiger partial charge in [0.15, 0.2) is 5.82 Å². The van der Waals surface area contributed by atoms with Crippen LogP contribution in [0.5, 0.6) is 0 Å². The molecule has 20 heavy (non-hydrogen) atoms. The smallest absolute Gasteiger partial charge is 0.159 e. The van der Waals surface area contributed by atoms with Crippen molar-refractivity contribution >= 4 is 23.0 Å². The number of nitrogens with one attached hydrogen (secondary N) is 1. The molecular weight excluding hydrogens is 270 g/mol. The van der Waals surface area contributed by atoms with Gasteiger partial charge in [0.2, 0.25) is 0 Å². The molecular formula is C14H25N5S. The second-order valence-electron chi connectivity index (χ2n) is 4.74. The molecule has 6 heteroatoms. The molecule has 112 valence electrons. The van der Waals surface area contributed by atoms with E-state index in [0.29, 0.717) is 10.8 Å². The second-order valence-corrected chi connectivity index (χ2v) is 5.18. The van der Waals surface area contributed by atoms with E-state index in [1.165, 1.54) is 0 Å². The molecule has 1 heterocycles. The van der Waals surface area contributed by atoms with Gasteiger partial charge in [-0.15, -0.1) is 5.10 Å². The molecule has 3 N–H and O–H groups in total. The van der Waals surface area contributed by atoms with Gasteiger partial charge in [0.25, 0.3) is 0 Å². The molecule has 0 aromatic carbocycles. The fraction of sp³-hybridized carbons (Fsp3) is 0.643. The molecule has 0 aliphatic rings. The number of aromatic nitrogens is 2. The maximum absolute atomic E-state index is 5.89. The maximum Gasteiger partial charge on any atom is 0.159 e. The summed E-state index contributed by atoms with van der Waals surface area (Å²) in [5.74, 6) is 0.705. The van der Waals surface area contributed by atoms with Crippen LogP contribution in [0.15, 0.2) is 0 Å². The van der Waals surface area contributed by atoms with Crippen molar-refractivity contribution in [2.45, 2.75) is 33.6 Å². The van der Waals surface area contributed by atoms with E-state index in [0.717, 1.165) is 49.3 Å². The molecule has 5 nitrogen and oxygen atoms in total. The Morgan fingerprint density at radius 1 is 1.25 bits per heavy atom. The summed E-state index contributed by atoms with van der Waals surface area (Å²) in [5, 5.41) is 11.8. The number of anilines is 1. The van der Waals surface area contributed by atoms with Gasteiger partial charge in [-0.3, -0.25) is 0 Å². The fourth-order valence-electron chi connectivity index (χ4n) is 2.09. The minimum atomic E-state index is 0.387. The quantitative estimate of drug-likeness (QED) is 0.710. The summed E-state index contributed by atoms with van der Waals surface area (Å²) in [4.78, 5) is 2.61. The van der Waals surface area contributed by atoms with Gasteiger partial charge >= 0.3 is 0 Å². The van der Waals surface area contributed by atoms with Gasteiger partial charge in [0.05, 0.1) is 11.3 Å². The minimum Gasteiger partial charge on any atom is -0.389 e. The van der Waals surface area contributed by atoms with E-state index in [1.54, 1.807) is 0 Å². The molecule has 0 saturated carbocycles. The van der Waals surface area contributed by atoms with Crippen LogP contribution in [0, 0.1) is 0 Å². The fourth-order valence-corrected chi connectivity index (χ4v) is 2.31. The third-order valence-electron chi connectivity index (χ3n) is 3.42. The van der Waals surface area contributed by atoms with Crippen molar-refractivity contribution in [1.29, 1.82) is 0 Å². The highest BCUT2D eigenvalue weighted by Crippen LogP contribution is 2.20. The SMILES string of the molecule is CCc1nnc(NCCN(C)CC)c(C(N)=S)c1CC. The molecule has 0 amide bonds. The van der Waals surface area contributed by atoms with Crippen LogP contribution in [0.1, 0.15) is 37.6 Å². The van der Waals surface area contributed by atoms with E-state index in [-0.39, 0.29) is 0 Å². The Morgan fingerprint density at radius 2 is 1.95 bits per heavy atom. The first-order chi connectivity index (χ1) is 9.54. The van der Waals surface area contributed by atoms with Gasteiger partial charge in [-0.1, -0.05) is 33.0 Å². The van der Waals surface area contributed by atoms with E-state index in [9.17, 15) is 0 Å². The Hall–Kier alpha value is -1.27. The molecule has 0 spiro atoms. The number of hydrogen-bond acceptors (Lipinski definition) is 5. The van der Waals surface area contributed by atoms with Crippen molar-refractivity contribution in [3.8, 4) is 0 Å². The van der Waals surface area contributed by atoms with Crippen molar-refractivity contribution in [1.82, 2.24) is 15.1 Å². The van der Waals surface area contributed by atoms with Crippen molar-refractivity contribution in [2.75, 3.05) is 32.0 Å². The molecule has 0 fully saturated rings. The Kier molecular flexibility index (Phi) is 6.81. The summed E-state index contributed by atoms with van der Waals surface area (Å²) in [6.07, 6.45) is 1.69. The summed E-state index contributed by atoms with van der Waals surface area (Å²) in [5.41, 5.74) is 8.83. The lowest BCUT2D eigenvalue weighted by atomic mass is 10.0. The first kappa shape index (κ1) is 16.8. The van der Waals surface area contributed by atoms with Gasteiger partial charge in [-0.2, -0.15) is 5.10 Å². The van der Waals surface area contributed by atoms with Gasteiger partial charge in [0, 0.05) is 13.1 Å².